The Morgan fingerprint density at radius 1 is 0.291 bits per heavy atom. The zero-order valence-corrected chi connectivity index (χ0v) is 49.5. The zero-order chi connectivity index (χ0) is 56.8. The van der Waals surface area contributed by atoms with E-state index in [2.05, 4.69) is 312 Å². The second kappa shape index (κ2) is 33.8. The molecule has 0 heteroatoms. The third-order valence-corrected chi connectivity index (χ3v) is 13.5. The first-order chi connectivity index (χ1) is 38.3. The van der Waals surface area contributed by atoms with Crippen LogP contribution in [0.5, 0.6) is 0 Å². The molecule has 79 heavy (non-hydrogen) atoms. The molecule has 0 spiro atoms. The predicted molar refractivity (Wildman–Crippen MR) is 349 cm³/mol. The second-order valence-corrected chi connectivity index (χ2v) is 20.4. The summed E-state index contributed by atoms with van der Waals surface area (Å²) in [5, 5.41) is 0. The van der Waals surface area contributed by atoms with Gasteiger partial charge < -0.3 is 0 Å². The standard InChI is InChI=1S/C22H22.C15H16.2C13H12.C7H10.C7H8.C2H6/c1-16-8-11-19(12-9-16)14-20-13-10-18(3)22(15-20)21-7-5-4-6-17(21)2;1-11-8-9-13(3)15(10-11)14-7-5-4-6-12(14)2;2*1-11-7-9-13(10-8-11)12-5-3-2-4-6-12;2*1-7-5-3-2-4-6-7;1-2/h4-13,15H,14H2,1-3H3;4-10H,1-3H3;2*2-10H,1H3;2-5,7H,6H2,1H3;2-6H,1H3;1-2H3. The Kier molecular flexibility index (Phi) is 26.3. The molecule has 0 amide bonds. The molecule has 0 N–H and O–H groups in total. The van der Waals surface area contributed by atoms with Crippen LogP contribution in [0.2, 0.25) is 0 Å². The van der Waals surface area contributed by atoms with Gasteiger partial charge in [-0.05, 0) is 159 Å². The van der Waals surface area contributed by atoms with Gasteiger partial charge in [0.25, 0.3) is 0 Å². The third-order valence-electron chi connectivity index (χ3n) is 13.5. The summed E-state index contributed by atoms with van der Waals surface area (Å²) in [6.45, 7) is 25.5. The van der Waals surface area contributed by atoms with Crippen molar-refractivity contribution in [2.45, 2.75) is 95.9 Å². The molecule has 0 nitrogen and oxygen atoms in total. The number of hydrogen-bond donors (Lipinski definition) is 0. The zero-order valence-electron chi connectivity index (χ0n) is 49.5. The first kappa shape index (κ1) is 61.5. The fourth-order valence-electron chi connectivity index (χ4n) is 8.78. The Morgan fingerprint density at radius 2 is 0.633 bits per heavy atom. The van der Waals surface area contributed by atoms with Crippen molar-refractivity contribution in [1.82, 2.24) is 0 Å². The third kappa shape index (κ3) is 21.6. The van der Waals surface area contributed by atoms with Gasteiger partial charge in [0.2, 0.25) is 0 Å². The number of rotatable bonds is 6. The highest BCUT2D eigenvalue weighted by Crippen LogP contribution is 2.29. The average Bonchev–Trinajstić information content (AvgIpc) is 3.49. The number of hydrogen-bond acceptors (Lipinski definition) is 0. The molecule has 1 aliphatic carbocycles. The maximum atomic E-state index is 2.34. The first-order valence-corrected chi connectivity index (χ1v) is 28.3. The van der Waals surface area contributed by atoms with Gasteiger partial charge in [0.1, 0.15) is 0 Å². The van der Waals surface area contributed by atoms with Crippen molar-refractivity contribution in [2.75, 3.05) is 0 Å². The maximum absolute atomic E-state index is 2.34. The topological polar surface area (TPSA) is 0 Å². The van der Waals surface area contributed by atoms with Gasteiger partial charge in [0.05, 0.1) is 0 Å². The Labute approximate surface area is 478 Å². The smallest absolute Gasteiger partial charge is 0.00255 e. The lowest BCUT2D eigenvalue weighted by Gasteiger charge is -2.12. The highest BCUT2D eigenvalue weighted by Gasteiger charge is 2.08. The van der Waals surface area contributed by atoms with E-state index >= 15 is 0 Å². The van der Waals surface area contributed by atoms with Crippen molar-refractivity contribution in [3.63, 3.8) is 0 Å². The Balaban J connectivity index is 0.000000180. The van der Waals surface area contributed by atoms with Crippen molar-refractivity contribution < 1.29 is 0 Å². The molecular weight excluding hydrogens is 949 g/mol. The van der Waals surface area contributed by atoms with Gasteiger partial charge in [-0.3, -0.25) is 0 Å². The van der Waals surface area contributed by atoms with Crippen LogP contribution in [-0.2, 0) is 6.42 Å². The maximum Gasteiger partial charge on any atom is -0.00255 e. The first-order valence-electron chi connectivity index (χ1n) is 28.3. The quantitative estimate of drug-likeness (QED) is 0.156. The van der Waals surface area contributed by atoms with Crippen molar-refractivity contribution in [3.05, 3.63) is 334 Å². The van der Waals surface area contributed by atoms with Gasteiger partial charge in [-0.15, -0.1) is 0 Å². The van der Waals surface area contributed by atoms with Gasteiger partial charge >= 0.3 is 0 Å². The van der Waals surface area contributed by atoms with Crippen molar-refractivity contribution in [3.8, 4) is 44.5 Å². The summed E-state index contributed by atoms with van der Waals surface area (Å²) < 4.78 is 0. The lowest BCUT2D eigenvalue weighted by Crippen LogP contribution is -1.92. The molecule has 10 aromatic rings. The summed E-state index contributed by atoms with van der Waals surface area (Å²) >= 11 is 0. The number of benzene rings is 10. The van der Waals surface area contributed by atoms with Crippen molar-refractivity contribution in [1.29, 1.82) is 0 Å². The molecule has 11 rings (SSSR count). The van der Waals surface area contributed by atoms with E-state index in [4.69, 9.17) is 0 Å². The molecule has 0 heterocycles. The lowest BCUT2D eigenvalue weighted by molar-refractivity contribution is 0.737. The minimum absolute atomic E-state index is 0.769. The van der Waals surface area contributed by atoms with E-state index in [1.54, 1.807) is 0 Å². The summed E-state index contributed by atoms with van der Waals surface area (Å²) in [7, 11) is 0. The van der Waals surface area contributed by atoms with E-state index in [9.17, 15) is 0 Å². The van der Waals surface area contributed by atoms with E-state index in [-0.39, 0.29) is 0 Å². The van der Waals surface area contributed by atoms with E-state index in [1.807, 2.05) is 44.2 Å². The van der Waals surface area contributed by atoms with Gasteiger partial charge in [-0.1, -0.05) is 322 Å². The van der Waals surface area contributed by atoms with Crippen LogP contribution in [0.25, 0.3) is 44.5 Å². The predicted octanol–water partition coefficient (Wildman–Crippen LogP) is 22.6. The van der Waals surface area contributed by atoms with Gasteiger partial charge in [0.15, 0.2) is 0 Å². The fourth-order valence-corrected chi connectivity index (χ4v) is 8.78. The molecule has 1 unspecified atom stereocenters. The van der Waals surface area contributed by atoms with E-state index in [1.165, 1.54) is 112 Å². The van der Waals surface area contributed by atoms with Crippen LogP contribution in [0, 0.1) is 68.2 Å². The summed E-state index contributed by atoms with van der Waals surface area (Å²) in [6, 6.07) is 87.7. The second-order valence-electron chi connectivity index (χ2n) is 20.4. The largest absolute Gasteiger partial charge is 0.0840 e. The van der Waals surface area contributed by atoms with E-state index < -0.39 is 0 Å². The Hall–Kier alpha value is -8.32. The molecule has 1 atom stereocenters. The monoisotopic (exact) mass is 1030 g/mol. The Bertz CT molecular complexity index is 3260. The van der Waals surface area contributed by atoms with Crippen molar-refractivity contribution in [2.24, 2.45) is 5.92 Å². The van der Waals surface area contributed by atoms with Gasteiger partial charge in [-0.2, -0.15) is 0 Å². The summed E-state index contributed by atoms with van der Waals surface area (Å²) in [5.74, 6) is 0.769. The molecule has 1 aliphatic rings. The highest BCUT2D eigenvalue weighted by molar-refractivity contribution is 5.72. The van der Waals surface area contributed by atoms with E-state index in [0.717, 1.165) is 12.3 Å². The molecule has 10 aromatic carbocycles. The molecular formula is C79H86. The average molecular weight is 1040 g/mol. The molecule has 0 saturated carbocycles. The van der Waals surface area contributed by atoms with Crippen LogP contribution in [0.1, 0.15) is 88.4 Å². The van der Waals surface area contributed by atoms with Crippen LogP contribution >= 0.6 is 0 Å². The fraction of sp³-hybridized carbons (Fsp3) is 0.190. The number of aryl methyl sites for hydroxylation is 9. The molecule has 0 aromatic heterocycles. The molecule has 402 valence electrons. The van der Waals surface area contributed by atoms with Crippen LogP contribution in [-0.4, -0.2) is 0 Å². The summed E-state index contributed by atoms with van der Waals surface area (Å²) in [5.41, 5.74) is 25.2. The molecule has 0 fully saturated rings. The van der Waals surface area contributed by atoms with Crippen LogP contribution in [0.4, 0.5) is 0 Å². The van der Waals surface area contributed by atoms with Crippen molar-refractivity contribution >= 4 is 0 Å². The molecule has 0 saturated heterocycles. The van der Waals surface area contributed by atoms with Gasteiger partial charge in [0, 0.05) is 0 Å². The molecule has 0 aliphatic heterocycles. The molecule has 0 bridgehead atoms. The normalized spacial score (nSPS) is 11.6. The minimum atomic E-state index is 0.769. The van der Waals surface area contributed by atoms with Gasteiger partial charge in [-0.25, -0.2) is 0 Å². The highest BCUT2D eigenvalue weighted by atomic mass is 14.1. The number of allylic oxidation sites excluding steroid dienone is 4. The lowest BCUT2D eigenvalue weighted by atomic mass is 9.93. The summed E-state index contributed by atoms with van der Waals surface area (Å²) in [6.07, 6.45) is 10.8. The van der Waals surface area contributed by atoms with E-state index in [0.29, 0.717) is 0 Å². The van der Waals surface area contributed by atoms with Crippen LogP contribution < -0.4 is 0 Å². The Morgan fingerprint density at radius 3 is 1.03 bits per heavy atom. The molecule has 0 radical (unpaired) electrons. The van der Waals surface area contributed by atoms with Crippen LogP contribution in [0.3, 0.4) is 0 Å². The minimum Gasteiger partial charge on any atom is -0.0840 e. The summed E-state index contributed by atoms with van der Waals surface area (Å²) in [4.78, 5) is 0. The SMILES string of the molecule is CC.CC1C=CC=CC1.Cc1ccc(-c2ccccc2)cc1.Cc1ccc(-c2ccccc2)cc1.Cc1ccc(C)c(-c2ccccc2C)c1.Cc1ccc(Cc2ccc(C)c(-c3ccccc3C)c2)cc1.Cc1ccccc1. The van der Waals surface area contributed by atoms with Crippen LogP contribution in [0.15, 0.2) is 273 Å².